The molecule has 4 aromatic rings. The van der Waals surface area contributed by atoms with E-state index in [4.69, 9.17) is 15.2 Å². The van der Waals surface area contributed by atoms with E-state index in [0.29, 0.717) is 40.9 Å². The van der Waals surface area contributed by atoms with Crippen LogP contribution in [0.15, 0.2) is 72.8 Å². The first-order chi connectivity index (χ1) is 15.9. The third-order valence-corrected chi connectivity index (χ3v) is 5.01. The molecule has 2 N–H and O–H groups in total. The fourth-order valence-electron chi connectivity index (χ4n) is 3.38. The Morgan fingerprint density at radius 1 is 1.00 bits per heavy atom. The van der Waals surface area contributed by atoms with Gasteiger partial charge in [-0.15, -0.1) is 0 Å². The van der Waals surface area contributed by atoms with Crippen LogP contribution < -0.4 is 15.2 Å². The SMILES string of the molecule is CC(C)c1nn(-c2ccc(Oc3cc(F)cc(OCc4ccccc4)c3)cc2)c(C#N)c1N. The van der Waals surface area contributed by atoms with Crippen LogP contribution in [-0.4, -0.2) is 9.78 Å². The second-order valence-corrected chi connectivity index (χ2v) is 7.82. The van der Waals surface area contributed by atoms with Crippen molar-refractivity contribution in [1.29, 1.82) is 5.26 Å². The lowest BCUT2D eigenvalue weighted by molar-refractivity contribution is 0.303. The lowest BCUT2D eigenvalue weighted by Crippen LogP contribution is -2.00. The van der Waals surface area contributed by atoms with Gasteiger partial charge in [-0.1, -0.05) is 44.2 Å². The summed E-state index contributed by atoms with van der Waals surface area (Å²) in [5.41, 5.74) is 9.10. The first-order valence-corrected chi connectivity index (χ1v) is 10.5. The van der Waals surface area contributed by atoms with Crippen LogP contribution in [-0.2, 0) is 6.61 Å². The van der Waals surface area contributed by atoms with Crippen LogP contribution in [0, 0.1) is 17.1 Å². The molecule has 4 rings (SSSR count). The van der Waals surface area contributed by atoms with E-state index in [1.807, 2.05) is 44.2 Å². The fraction of sp³-hybridized carbons (Fsp3) is 0.154. The van der Waals surface area contributed by atoms with Gasteiger partial charge in [0.25, 0.3) is 0 Å². The van der Waals surface area contributed by atoms with Crippen LogP contribution in [0.3, 0.4) is 0 Å². The lowest BCUT2D eigenvalue weighted by atomic mass is 10.1. The van der Waals surface area contributed by atoms with Crippen molar-refractivity contribution in [1.82, 2.24) is 9.78 Å². The highest BCUT2D eigenvalue weighted by molar-refractivity contribution is 5.58. The van der Waals surface area contributed by atoms with E-state index < -0.39 is 5.82 Å². The number of aromatic nitrogens is 2. The average molecular weight is 442 g/mol. The van der Waals surface area contributed by atoms with Crippen LogP contribution in [0.5, 0.6) is 17.2 Å². The zero-order valence-electron chi connectivity index (χ0n) is 18.3. The number of anilines is 1. The van der Waals surface area contributed by atoms with Crippen molar-refractivity contribution in [2.75, 3.05) is 5.73 Å². The summed E-state index contributed by atoms with van der Waals surface area (Å²) in [6.45, 7) is 4.26. The van der Waals surface area contributed by atoms with Gasteiger partial charge >= 0.3 is 0 Å². The van der Waals surface area contributed by atoms with Gasteiger partial charge in [-0.3, -0.25) is 0 Å². The van der Waals surface area contributed by atoms with Gasteiger partial charge in [-0.05, 0) is 35.7 Å². The van der Waals surface area contributed by atoms with E-state index in [-0.39, 0.29) is 11.6 Å². The summed E-state index contributed by atoms with van der Waals surface area (Å²) in [6.07, 6.45) is 0. The average Bonchev–Trinajstić information content (AvgIpc) is 3.15. The van der Waals surface area contributed by atoms with E-state index in [0.717, 1.165) is 5.56 Å². The molecule has 1 heterocycles. The van der Waals surface area contributed by atoms with Gasteiger partial charge in [-0.2, -0.15) is 10.4 Å². The summed E-state index contributed by atoms with van der Waals surface area (Å²) in [4.78, 5) is 0. The van der Waals surface area contributed by atoms with Crippen molar-refractivity contribution in [3.8, 4) is 29.0 Å². The van der Waals surface area contributed by atoms with E-state index in [1.54, 1.807) is 30.3 Å². The largest absolute Gasteiger partial charge is 0.489 e. The van der Waals surface area contributed by atoms with Crippen molar-refractivity contribution in [2.24, 2.45) is 0 Å². The molecule has 7 heteroatoms. The van der Waals surface area contributed by atoms with Crippen LogP contribution in [0.4, 0.5) is 10.1 Å². The predicted molar refractivity (Wildman–Crippen MR) is 124 cm³/mol. The van der Waals surface area contributed by atoms with Gasteiger partial charge in [0.05, 0.1) is 17.1 Å². The highest BCUT2D eigenvalue weighted by Gasteiger charge is 2.18. The second kappa shape index (κ2) is 9.45. The first kappa shape index (κ1) is 21.9. The Balaban J connectivity index is 1.51. The second-order valence-electron chi connectivity index (χ2n) is 7.82. The molecule has 0 unspecified atom stereocenters. The number of benzene rings is 3. The van der Waals surface area contributed by atoms with Crippen molar-refractivity contribution in [3.63, 3.8) is 0 Å². The first-order valence-electron chi connectivity index (χ1n) is 10.5. The fourth-order valence-corrected chi connectivity index (χ4v) is 3.38. The minimum absolute atomic E-state index is 0.0900. The zero-order chi connectivity index (χ0) is 23.4. The quantitative estimate of drug-likeness (QED) is 0.382. The van der Waals surface area contributed by atoms with Gasteiger partial charge < -0.3 is 15.2 Å². The summed E-state index contributed by atoms with van der Waals surface area (Å²) in [5.74, 6) is 0.818. The number of nitrogens with two attached hydrogens (primary N) is 1. The molecule has 33 heavy (non-hydrogen) atoms. The maximum atomic E-state index is 14.1. The van der Waals surface area contributed by atoms with Crippen molar-refractivity contribution in [3.05, 3.63) is 95.6 Å². The summed E-state index contributed by atoms with van der Waals surface area (Å²) in [7, 11) is 0. The Morgan fingerprint density at radius 3 is 2.36 bits per heavy atom. The maximum Gasteiger partial charge on any atom is 0.167 e. The number of nitriles is 1. The van der Waals surface area contributed by atoms with Crippen molar-refractivity contribution < 1.29 is 13.9 Å². The van der Waals surface area contributed by atoms with E-state index >= 15 is 0 Å². The minimum atomic E-state index is -0.459. The molecule has 0 radical (unpaired) electrons. The van der Waals surface area contributed by atoms with Gasteiger partial charge in [-0.25, -0.2) is 9.07 Å². The number of halogens is 1. The van der Waals surface area contributed by atoms with Crippen LogP contribution in [0.2, 0.25) is 0 Å². The number of nitrogen functional groups attached to an aromatic ring is 1. The summed E-state index contributed by atoms with van der Waals surface area (Å²) >= 11 is 0. The van der Waals surface area contributed by atoms with Gasteiger partial charge in [0.15, 0.2) is 5.69 Å². The molecule has 0 saturated heterocycles. The monoisotopic (exact) mass is 442 g/mol. The van der Waals surface area contributed by atoms with E-state index in [1.165, 1.54) is 16.8 Å². The number of nitrogens with zero attached hydrogens (tertiary/aromatic N) is 3. The number of rotatable bonds is 7. The van der Waals surface area contributed by atoms with Crippen molar-refractivity contribution >= 4 is 5.69 Å². The summed E-state index contributed by atoms with van der Waals surface area (Å²) in [5, 5.41) is 14.0. The molecule has 0 amide bonds. The summed E-state index contributed by atoms with van der Waals surface area (Å²) < 4.78 is 27.2. The Kier molecular flexibility index (Phi) is 6.27. The molecule has 0 atom stereocenters. The smallest absolute Gasteiger partial charge is 0.167 e. The number of hydrogen-bond acceptors (Lipinski definition) is 5. The maximum absolute atomic E-state index is 14.1. The van der Waals surface area contributed by atoms with Gasteiger partial charge in [0.1, 0.15) is 35.7 Å². The standard InChI is InChI=1S/C26H23FN4O2/c1-17(2)26-25(29)24(15-28)31(30-26)20-8-10-21(11-9-20)33-23-13-19(27)12-22(14-23)32-16-18-6-4-3-5-7-18/h3-14,17H,16,29H2,1-2H3. The third kappa shape index (κ3) is 4.96. The molecular weight excluding hydrogens is 419 g/mol. The van der Waals surface area contributed by atoms with Gasteiger partial charge in [0.2, 0.25) is 0 Å². The van der Waals surface area contributed by atoms with E-state index in [9.17, 15) is 9.65 Å². The lowest BCUT2D eigenvalue weighted by Gasteiger charge is -2.11. The van der Waals surface area contributed by atoms with Crippen molar-refractivity contribution in [2.45, 2.75) is 26.4 Å². The molecule has 0 fully saturated rings. The molecule has 0 saturated carbocycles. The van der Waals surface area contributed by atoms with E-state index in [2.05, 4.69) is 11.2 Å². The molecule has 0 aliphatic heterocycles. The number of ether oxygens (including phenoxy) is 2. The highest BCUT2D eigenvalue weighted by atomic mass is 19.1. The Hall–Kier alpha value is -4.31. The predicted octanol–water partition coefficient (Wildman–Crippen LogP) is 5.96. The topological polar surface area (TPSA) is 86.1 Å². The molecule has 3 aromatic carbocycles. The molecule has 1 aromatic heterocycles. The molecule has 0 spiro atoms. The third-order valence-electron chi connectivity index (χ3n) is 5.01. The molecule has 166 valence electrons. The van der Waals surface area contributed by atoms with Crippen LogP contribution in [0.25, 0.3) is 5.69 Å². The highest BCUT2D eigenvalue weighted by Crippen LogP contribution is 2.30. The molecule has 0 aliphatic carbocycles. The molecular formula is C26H23FN4O2. The Bertz CT molecular complexity index is 1290. The Labute approximate surface area is 191 Å². The molecule has 0 aliphatic rings. The number of hydrogen-bond donors (Lipinski definition) is 1. The normalized spacial score (nSPS) is 10.8. The van der Waals surface area contributed by atoms with Crippen LogP contribution >= 0.6 is 0 Å². The minimum Gasteiger partial charge on any atom is -0.489 e. The van der Waals surface area contributed by atoms with Gasteiger partial charge in [0, 0.05) is 18.2 Å². The molecule has 6 nitrogen and oxygen atoms in total. The molecule has 0 bridgehead atoms. The Morgan fingerprint density at radius 2 is 1.70 bits per heavy atom. The zero-order valence-corrected chi connectivity index (χ0v) is 18.3. The van der Waals surface area contributed by atoms with Crippen LogP contribution in [0.1, 0.15) is 36.7 Å². The summed E-state index contributed by atoms with van der Waals surface area (Å²) in [6, 6.07) is 23.0.